The van der Waals surface area contributed by atoms with E-state index in [1.165, 1.54) is 153 Å². The van der Waals surface area contributed by atoms with Gasteiger partial charge in [0.05, 0.1) is 0 Å². The average Bonchev–Trinajstić information content (AvgIpc) is 1.68. The molecule has 0 saturated heterocycles. The van der Waals surface area contributed by atoms with E-state index in [4.69, 9.17) is 0 Å². The van der Waals surface area contributed by atoms with Crippen molar-refractivity contribution in [3.8, 4) is 55.6 Å². The van der Waals surface area contributed by atoms with E-state index in [0.717, 1.165) is 0 Å². The summed E-state index contributed by atoms with van der Waals surface area (Å²) in [6.07, 6.45) is 0. The summed E-state index contributed by atoms with van der Waals surface area (Å²) >= 11 is 0. The van der Waals surface area contributed by atoms with Crippen molar-refractivity contribution in [2.45, 2.75) is 96.3 Å². The molecule has 0 N–H and O–H groups in total. The van der Waals surface area contributed by atoms with Crippen molar-refractivity contribution in [2.75, 3.05) is 0 Å². The molecule has 0 atom stereocenters. The molecule has 5 aliphatic carbocycles. The Balaban J connectivity index is 0.000000147. The molecular weight excluding hydrogens is 1170 g/mol. The van der Waals surface area contributed by atoms with Crippen LogP contribution in [0.3, 0.4) is 0 Å². The summed E-state index contributed by atoms with van der Waals surface area (Å²) in [7, 11) is -5.64. The topological polar surface area (TPSA) is 0 Å². The monoisotopic (exact) mass is 1250 g/mol. The molecule has 13 aromatic rings. The molecule has 0 aromatic heterocycles. The standard InChI is InChI=1S/C51H44Si.C42H36Si/c1-49(2)43-21-13-10-18-37(43)40-27-24-34(30-46(40)49)52(33-16-8-7-9-17-33,35-25-28-41-38-19-11-14-22-44(38)50(3,4)47(41)31-35)36-26-29-42-39-20-12-15-23-45(39)51(5,6)48(42)32-36;1-41(2)37-21-13-11-19-33(37)35-25-23-31(27-39(35)41)43(29-15-7-5-8-16-29,30-17-9-6-10-18-30)32-24-26-36-34-20-12-14-22-38(34)42(3,4)40(36)28-32/h7-32H,1-6H3;5-28H,1-4H3. The molecule has 0 saturated carbocycles. The Kier molecular flexibility index (Phi) is 13.1. The fourth-order valence-electron chi connectivity index (χ4n) is 18.8. The third-order valence-corrected chi connectivity index (χ3v) is 33.2. The summed E-state index contributed by atoms with van der Waals surface area (Å²) in [5, 5.41) is 11.5. The van der Waals surface area contributed by atoms with Gasteiger partial charge in [-0.05, 0) is 153 Å². The Morgan fingerprint density at radius 1 is 0.147 bits per heavy atom. The van der Waals surface area contributed by atoms with E-state index in [9.17, 15) is 0 Å². The summed E-state index contributed by atoms with van der Waals surface area (Å²) < 4.78 is 0. The Morgan fingerprint density at radius 2 is 0.305 bits per heavy atom. The van der Waals surface area contributed by atoms with Crippen LogP contribution in [0, 0.1) is 0 Å². The average molecular weight is 1250 g/mol. The minimum Gasteiger partial charge on any atom is -0.0623 e. The molecular formula is C93H80Si2. The van der Waals surface area contributed by atoms with Gasteiger partial charge in [0, 0.05) is 27.1 Å². The first-order chi connectivity index (χ1) is 45.9. The van der Waals surface area contributed by atoms with Crippen LogP contribution in [-0.4, -0.2) is 16.1 Å². The lowest BCUT2D eigenvalue weighted by molar-refractivity contribution is 0.660. The van der Waals surface area contributed by atoms with Gasteiger partial charge < -0.3 is 0 Å². The maximum Gasteiger partial charge on any atom is 0.179 e. The normalized spacial score (nSPS) is 15.9. The number of hydrogen-bond donors (Lipinski definition) is 0. The highest BCUT2D eigenvalue weighted by molar-refractivity contribution is 7.20. The van der Waals surface area contributed by atoms with Crippen molar-refractivity contribution in [3.05, 3.63) is 359 Å². The van der Waals surface area contributed by atoms with Crippen molar-refractivity contribution in [1.29, 1.82) is 0 Å². The molecule has 5 aliphatic rings. The van der Waals surface area contributed by atoms with E-state index >= 15 is 0 Å². The first kappa shape index (κ1) is 59.1. The lowest BCUT2D eigenvalue weighted by atomic mass is 9.82. The smallest absolute Gasteiger partial charge is 0.0623 e. The molecule has 2 heteroatoms. The van der Waals surface area contributed by atoms with Crippen LogP contribution >= 0.6 is 0 Å². The lowest BCUT2D eigenvalue weighted by Gasteiger charge is -2.37. The Morgan fingerprint density at radius 3 is 0.505 bits per heavy atom. The van der Waals surface area contributed by atoms with Crippen molar-refractivity contribution in [1.82, 2.24) is 0 Å². The van der Waals surface area contributed by atoms with Crippen LogP contribution in [0.1, 0.15) is 125 Å². The third kappa shape index (κ3) is 8.30. The van der Waals surface area contributed by atoms with Gasteiger partial charge in [-0.2, -0.15) is 0 Å². The lowest BCUT2D eigenvalue weighted by Crippen LogP contribution is -2.75. The molecule has 0 aliphatic heterocycles. The second-order valence-corrected chi connectivity index (χ2v) is 37.9. The van der Waals surface area contributed by atoms with E-state index in [2.05, 4.69) is 373 Å². The first-order valence-corrected chi connectivity index (χ1v) is 38.3. The van der Waals surface area contributed by atoms with E-state index in [1.54, 1.807) is 0 Å². The fourth-order valence-corrected chi connectivity index (χ4v) is 28.3. The Labute approximate surface area is 564 Å². The van der Waals surface area contributed by atoms with Crippen LogP contribution in [0.5, 0.6) is 0 Å². The predicted octanol–water partition coefficient (Wildman–Crippen LogP) is 17.7. The largest absolute Gasteiger partial charge is 0.179 e. The second kappa shape index (κ2) is 21.1. The van der Waals surface area contributed by atoms with E-state index in [1.807, 2.05) is 0 Å². The quantitative estimate of drug-likeness (QED) is 0.105. The summed E-state index contributed by atoms with van der Waals surface area (Å²) in [6.45, 7) is 24.1. The fraction of sp³-hybridized carbons (Fsp3) is 0.161. The highest BCUT2D eigenvalue weighted by Gasteiger charge is 2.49. The highest BCUT2D eigenvalue weighted by atomic mass is 28.3. The van der Waals surface area contributed by atoms with Gasteiger partial charge in [0.25, 0.3) is 0 Å². The zero-order valence-electron chi connectivity index (χ0n) is 56.4. The maximum absolute atomic E-state index is 2.93. The van der Waals surface area contributed by atoms with Gasteiger partial charge in [0.15, 0.2) is 16.1 Å². The molecule has 0 fully saturated rings. The second-order valence-electron chi connectivity index (χ2n) is 30.3. The molecule has 0 bridgehead atoms. The van der Waals surface area contributed by atoms with E-state index in [-0.39, 0.29) is 27.1 Å². The number of hydrogen-bond acceptors (Lipinski definition) is 0. The van der Waals surface area contributed by atoms with Crippen molar-refractivity contribution in [2.24, 2.45) is 0 Å². The van der Waals surface area contributed by atoms with Crippen molar-refractivity contribution >= 4 is 57.6 Å². The summed E-state index contributed by atoms with van der Waals surface area (Å²) in [5.74, 6) is 0. The molecule has 0 radical (unpaired) electrons. The third-order valence-electron chi connectivity index (χ3n) is 23.7. The van der Waals surface area contributed by atoms with Crippen LogP contribution in [0.2, 0.25) is 0 Å². The van der Waals surface area contributed by atoms with E-state index in [0.29, 0.717) is 0 Å². The van der Waals surface area contributed by atoms with Gasteiger partial charge in [0.2, 0.25) is 0 Å². The number of benzene rings is 13. The minimum atomic E-state index is -2.93. The summed E-state index contributed by atoms with van der Waals surface area (Å²) in [5.41, 5.74) is 27.6. The SMILES string of the molecule is CC1(C)c2ccccc2-c2ccc([Si](c3ccccc3)(c3ccc4c(c3)C(C)(C)c3ccccc3-4)c3ccc4c(c3)C(C)(C)c3ccccc3-4)cc21.CC1(C)c2ccccc2-c2ccc([Si](c3ccccc3)(c3ccccc3)c3ccc4c(c3)C(C)(C)c3ccccc3-4)cc21. The van der Waals surface area contributed by atoms with Crippen LogP contribution < -0.4 is 41.5 Å². The zero-order chi connectivity index (χ0) is 65.0. The molecule has 460 valence electrons. The van der Waals surface area contributed by atoms with Crippen molar-refractivity contribution < 1.29 is 0 Å². The molecule has 0 amide bonds. The maximum atomic E-state index is 2.62. The molecule has 0 spiro atoms. The molecule has 0 nitrogen and oxygen atoms in total. The Hall–Kier alpha value is -9.71. The summed E-state index contributed by atoms with van der Waals surface area (Å²) in [6, 6.07) is 117. The van der Waals surface area contributed by atoms with Gasteiger partial charge in [0.1, 0.15) is 0 Å². The van der Waals surface area contributed by atoms with Gasteiger partial charge in [-0.3, -0.25) is 0 Å². The zero-order valence-corrected chi connectivity index (χ0v) is 58.4. The minimum absolute atomic E-state index is 0.0585. The number of fused-ring (bicyclic) bond motifs is 15. The van der Waals surface area contributed by atoms with Crippen LogP contribution in [0.15, 0.2) is 303 Å². The molecule has 0 heterocycles. The Bertz CT molecular complexity index is 4870. The van der Waals surface area contributed by atoms with E-state index < -0.39 is 16.1 Å². The summed E-state index contributed by atoms with van der Waals surface area (Å²) in [4.78, 5) is 0. The number of rotatable bonds is 8. The van der Waals surface area contributed by atoms with Crippen LogP contribution in [0.4, 0.5) is 0 Å². The van der Waals surface area contributed by atoms with Gasteiger partial charge in [-0.15, -0.1) is 0 Å². The van der Waals surface area contributed by atoms with Crippen LogP contribution in [0.25, 0.3) is 55.6 Å². The van der Waals surface area contributed by atoms with Gasteiger partial charge >= 0.3 is 0 Å². The van der Waals surface area contributed by atoms with Gasteiger partial charge in [-0.1, -0.05) is 373 Å². The highest BCUT2D eigenvalue weighted by Crippen LogP contribution is 2.53. The van der Waals surface area contributed by atoms with Gasteiger partial charge in [-0.25, -0.2) is 0 Å². The molecule has 18 rings (SSSR count). The molecule has 0 unspecified atom stereocenters. The predicted molar refractivity (Wildman–Crippen MR) is 408 cm³/mol. The molecule has 95 heavy (non-hydrogen) atoms. The van der Waals surface area contributed by atoms with Crippen LogP contribution in [-0.2, 0) is 27.1 Å². The first-order valence-electron chi connectivity index (χ1n) is 34.3. The molecule has 13 aromatic carbocycles. The van der Waals surface area contributed by atoms with Crippen molar-refractivity contribution in [3.63, 3.8) is 0 Å².